The molecule has 0 atom stereocenters. The van der Waals surface area contributed by atoms with Gasteiger partial charge in [0.05, 0.1) is 25.3 Å². The summed E-state index contributed by atoms with van der Waals surface area (Å²) in [5.74, 6) is 4.59. The van der Waals surface area contributed by atoms with Gasteiger partial charge in [0.2, 0.25) is 0 Å². The molecule has 0 aromatic heterocycles. The Morgan fingerprint density at radius 3 is 2.90 bits per heavy atom. The van der Waals surface area contributed by atoms with Crippen LogP contribution < -0.4 is 11.2 Å². The molecule has 5 nitrogen and oxygen atoms in total. The van der Waals surface area contributed by atoms with Crippen molar-refractivity contribution in [3.8, 4) is 11.8 Å². The van der Waals surface area contributed by atoms with Crippen LogP contribution in [0.5, 0.6) is 0 Å². The molecule has 0 aliphatic carbocycles. The zero-order chi connectivity index (χ0) is 14.4. The maximum atomic E-state index is 13.2. The van der Waals surface area contributed by atoms with Crippen molar-refractivity contribution in [3.05, 3.63) is 35.1 Å². The summed E-state index contributed by atoms with van der Waals surface area (Å²) in [4.78, 5) is 12.2. The number of ether oxygens (including phenoxy) is 1. The van der Waals surface area contributed by atoms with Gasteiger partial charge < -0.3 is 10.5 Å². The lowest BCUT2D eigenvalue weighted by molar-refractivity contribution is 0.0126. The molecule has 1 aliphatic heterocycles. The molecule has 1 aliphatic rings. The molecular formula is C14H16FN3O2. The highest BCUT2D eigenvalue weighted by molar-refractivity contribution is 5.96. The van der Waals surface area contributed by atoms with Crippen LogP contribution in [0.4, 0.5) is 4.39 Å². The van der Waals surface area contributed by atoms with Crippen LogP contribution in [0, 0.1) is 17.7 Å². The van der Waals surface area contributed by atoms with Crippen LogP contribution in [0.15, 0.2) is 18.2 Å². The molecule has 6 heteroatoms. The van der Waals surface area contributed by atoms with Crippen molar-refractivity contribution >= 4 is 5.91 Å². The molecule has 1 saturated heterocycles. The summed E-state index contributed by atoms with van der Waals surface area (Å²) < 4.78 is 18.4. The van der Waals surface area contributed by atoms with E-state index in [1.165, 1.54) is 18.2 Å². The summed E-state index contributed by atoms with van der Waals surface area (Å²) in [6, 6.07) is 3.89. The Kier molecular flexibility index (Phi) is 5.07. The Hall–Kier alpha value is -1.94. The van der Waals surface area contributed by atoms with E-state index in [1.54, 1.807) is 5.01 Å². The number of carbonyl (C=O) groups is 1. The average Bonchev–Trinajstić information content (AvgIpc) is 2.46. The number of halogens is 1. The molecule has 0 bridgehead atoms. The molecule has 1 fully saturated rings. The van der Waals surface area contributed by atoms with E-state index >= 15 is 0 Å². The molecule has 1 aromatic rings. The standard InChI is InChI=1S/C14H16FN3O2/c15-12-3-4-13(11(10-12)2-1-5-16)14(19)17-18-6-8-20-9-7-18/h3-4,10H,5-9,16H2,(H,17,19). The van der Waals surface area contributed by atoms with E-state index in [9.17, 15) is 9.18 Å². The van der Waals surface area contributed by atoms with E-state index in [0.717, 1.165) is 0 Å². The van der Waals surface area contributed by atoms with Crippen molar-refractivity contribution in [1.29, 1.82) is 0 Å². The zero-order valence-corrected chi connectivity index (χ0v) is 11.0. The number of amides is 1. The fourth-order valence-electron chi connectivity index (χ4n) is 1.84. The van der Waals surface area contributed by atoms with E-state index < -0.39 is 5.82 Å². The average molecular weight is 277 g/mol. The minimum atomic E-state index is -0.436. The number of rotatable bonds is 2. The second kappa shape index (κ2) is 7.01. The number of carbonyl (C=O) groups excluding carboxylic acids is 1. The number of hydrogen-bond acceptors (Lipinski definition) is 4. The van der Waals surface area contributed by atoms with Gasteiger partial charge in [-0.05, 0) is 18.2 Å². The smallest absolute Gasteiger partial charge is 0.266 e. The van der Waals surface area contributed by atoms with Gasteiger partial charge in [0, 0.05) is 18.7 Å². The summed E-state index contributed by atoms with van der Waals surface area (Å²) in [5, 5.41) is 1.77. The first-order valence-corrected chi connectivity index (χ1v) is 6.33. The number of nitrogens with two attached hydrogens (primary N) is 1. The van der Waals surface area contributed by atoms with E-state index in [0.29, 0.717) is 37.4 Å². The van der Waals surface area contributed by atoms with Gasteiger partial charge >= 0.3 is 0 Å². The monoisotopic (exact) mass is 277 g/mol. The first-order valence-electron chi connectivity index (χ1n) is 6.33. The van der Waals surface area contributed by atoms with Gasteiger partial charge in [0.15, 0.2) is 0 Å². The second-order valence-electron chi connectivity index (χ2n) is 4.24. The van der Waals surface area contributed by atoms with Crippen molar-refractivity contribution in [2.24, 2.45) is 5.73 Å². The van der Waals surface area contributed by atoms with Crippen LogP contribution in [0.1, 0.15) is 15.9 Å². The SMILES string of the molecule is NCC#Cc1cc(F)ccc1C(=O)NN1CCOCC1. The van der Waals surface area contributed by atoms with E-state index in [4.69, 9.17) is 10.5 Å². The molecular weight excluding hydrogens is 261 g/mol. The van der Waals surface area contributed by atoms with Gasteiger partial charge in [-0.3, -0.25) is 10.2 Å². The predicted octanol–water partition coefficient (Wildman–Crippen LogP) is 0.113. The highest BCUT2D eigenvalue weighted by atomic mass is 19.1. The summed E-state index contributed by atoms with van der Waals surface area (Å²) in [7, 11) is 0. The Labute approximate surface area is 116 Å². The molecule has 1 amide bonds. The minimum absolute atomic E-state index is 0.154. The molecule has 1 aromatic carbocycles. The van der Waals surface area contributed by atoms with Crippen LogP contribution in [0.25, 0.3) is 0 Å². The van der Waals surface area contributed by atoms with Gasteiger partial charge in [-0.2, -0.15) is 0 Å². The van der Waals surface area contributed by atoms with Crippen LogP contribution >= 0.6 is 0 Å². The predicted molar refractivity (Wildman–Crippen MR) is 72.2 cm³/mol. The number of benzene rings is 1. The maximum absolute atomic E-state index is 13.2. The van der Waals surface area contributed by atoms with Crippen molar-refractivity contribution in [3.63, 3.8) is 0 Å². The molecule has 0 spiro atoms. The lowest BCUT2D eigenvalue weighted by Gasteiger charge is -2.27. The lowest BCUT2D eigenvalue weighted by Crippen LogP contribution is -2.48. The summed E-state index contributed by atoms with van der Waals surface area (Å²) >= 11 is 0. The maximum Gasteiger partial charge on any atom is 0.266 e. The fourth-order valence-corrected chi connectivity index (χ4v) is 1.84. The number of hydrazine groups is 1. The van der Waals surface area contributed by atoms with Crippen molar-refractivity contribution < 1.29 is 13.9 Å². The lowest BCUT2D eigenvalue weighted by atomic mass is 10.1. The Morgan fingerprint density at radius 1 is 1.45 bits per heavy atom. The topological polar surface area (TPSA) is 67.6 Å². The number of nitrogens with zero attached hydrogens (tertiary/aromatic N) is 1. The van der Waals surface area contributed by atoms with Gasteiger partial charge in [-0.15, -0.1) is 0 Å². The Bertz CT molecular complexity index is 545. The summed E-state index contributed by atoms with van der Waals surface area (Å²) in [6.45, 7) is 2.54. The highest BCUT2D eigenvalue weighted by Gasteiger charge is 2.16. The van der Waals surface area contributed by atoms with E-state index in [-0.39, 0.29) is 12.5 Å². The van der Waals surface area contributed by atoms with Gasteiger partial charge in [-0.1, -0.05) is 11.8 Å². The van der Waals surface area contributed by atoms with Crippen molar-refractivity contribution in [2.45, 2.75) is 0 Å². The number of morpholine rings is 1. The van der Waals surface area contributed by atoms with Crippen LogP contribution in [-0.2, 0) is 4.74 Å². The Morgan fingerprint density at radius 2 is 2.20 bits per heavy atom. The minimum Gasteiger partial charge on any atom is -0.379 e. The first-order chi connectivity index (χ1) is 9.70. The van der Waals surface area contributed by atoms with E-state index in [2.05, 4.69) is 17.3 Å². The zero-order valence-electron chi connectivity index (χ0n) is 11.0. The molecule has 3 N–H and O–H groups in total. The quantitative estimate of drug-likeness (QED) is 0.753. The first kappa shape index (κ1) is 14.5. The van der Waals surface area contributed by atoms with Crippen molar-refractivity contribution in [2.75, 3.05) is 32.8 Å². The second-order valence-corrected chi connectivity index (χ2v) is 4.24. The van der Waals surface area contributed by atoms with Gasteiger partial charge in [0.1, 0.15) is 5.82 Å². The number of nitrogens with one attached hydrogen (secondary N) is 1. The van der Waals surface area contributed by atoms with E-state index in [1.807, 2.05) is 0 Å². The normalized spacial score (nSPS) is 15.3. The summed E-state index contributed by atoms with van der Waals surface area (Å²) in [5.41, 5.74) is 8.73. The fraction of sp³-hybridized carbons (Fsp3) is 0.357. The summed E-state index contributed by atoms with van der Waals surface area (Å²) in [6.07, 6.45) is 0. The number of hydrogen-bond donors (Lipinski definition) is 2. The molecule has 1 heterocycles. The third kappa shape index (κ3) is 3.78. The van der Waals surface area contributed by atoms with Crippen LogP contribution in [-0.4, -0.2) is 43.8 Å². The molecule has 2 rings (SSSR count). The third-order valence-electron chi connectivity index (χ3n) is 2.82. The van der Waals surface area contributed by atoms with Crippen LogP contribution in [0.3, 0.4) is 0 Å². The van der Waals surface area contributed by atoms with Gasteiger partial charge in [-0.25, -0.2) is 9.40 Å². The van der Waals surface area contributed by atoms with Crippen LogP contribution in [0.2, 0.25) is 0 Å². The Balaban J connectivity index is 2.15. The third-order valence-corrected chi connectivity index (χ3v) is 2.82. The van der Waals surface area contributed by atoms with Crippen molar-refractivity contribution in [1.82, 2.24) is 10.4 Å². The molecule has 106 valence electrons. The molecule has 20 heavy (non-hydrogen) atoms. The molecule has 0 radical (unpaired) electrons. The highest BCUT2D eigenvalue weighted by Crippen LogP contribution is 2.11. The van der Waals surface area contributed by atoms with Gasteiger partial charge in [0.25, 0.3) is 5.91 Å². The largest absolute Gasteiger partial charge is 0.379 e. The molecule has 0 unspecified atom stereocenters. The molecule has 0 saturated carbocycles.